The Morgan fingerprint density at radius 1 is 0.531 bits per heavy atom. The van der Waals surface area contributed by atoms with E-state index in [1.807, 2.05) is 18.2 Å². The number of rotatable bonds is 17. The molecule has 5 aromatic rings. The highest BCUT2D eigenvalue weighted by Crippen LogP contribution is 2.36. The SMILES string of the molecule is CC(=O)N1CCCC12C/C=C\CCCC1(CCC/C=C\CCCOC(=O)N3CCC4(C3)NC(=O)C(CCCCNC(=O)CCC(C(=O)NC(C)C(N)=O)NC(=O)C(Cc3csc5ccccc35)NC(=O)C(Cc3ccsc3)NC4=O)NC(=O)C(Cc3ccccc3)NC(=O)C(C)NC(=O)C(C)(C)NC(=O)C(Cc3cccc(C(=O)O)c3)NC(=O)C(CC(=O)O)NC1=O)NC(=O)C(CC(C)(C)C)NC(=O)C(CC(=O)O)NC2=O. The minimum absolute atomic E-state index is 0.00271. The number of aromatic carboxylic acids is 1. The van der Waals surface area contributed by atoms with Crippen LogP contribution in [0.25, 0.3) is 10.1 Å². The minimum Gasteiger partial charge on any atom is -0.481 e. The van der Waals surface area contributed by atoms with Crippen molar-refractivity contribution in [3.63, 3.8) is 0 Å². The lowest BCUT2D eigenvalue weighted by atomic mass is 9.83. The number of allylic oxidation sites excluding steroid dienone is 3. The summed E-state index contributed by atoms with van der Waals surface area (Å²) in [5, 5.41) is 77.1. The number of carboxylic acids is 3. The zero-order chi connectivity index (χ0) is 107. The molecule has 5 aliphatic rings. The first-order valence-corrected chi connectivity index (χ1v) is 51.1. The van der Waals surface area contributed by atoms with E-state index in [-0.39, 0.29) is 159 Å². The number of fused-ring (bicyclic) bond motifs is 4. The maximum absolute atomic E-state index is 16.1. The Labute approximate surface area is 858 Å². The van der Waals surface area contributed by atoms with E-state index < -0.39 is 251 Å². The number of hydrogen-bond donors (Lipinski definition) is 19. The summed E-state index contributed by atoms with van der Waals surface area (Å²) < 4.78 is 6.71. The number of aliphatic carboxylic acids is 2. The zero-order valence-electron chi connectivity index (χ0n) is 83.6. The predicted molar refractivity (Wildman–Crippen MR) is 538 cm³/mol. The fourth-order valence-electron chi connectivity index (χ4n) is 18.3. The molecule has 3 saturated heterocycles. The lowest BCUT2D eigenvalue weighted by Gasteiger charge is -2.38. The molecule has 3 aromatic carbocycles. The Morgan fingerprint density at radius 2 is 1.10 bits per heavy atom. The molecule has 18 amide bonds. The number of cyclic esters (lactones) is 1. The summed E-state index contributed by atoms with van der Waals surface area (Å²) in [4.78, 5) is 309. The molecule has 3 bridgehead atoms. The number of hydrogen-bond acceptors (Lipinski definition) is 24. The molecule has 10 rings (SSSR count). The van der Waals surface area contributed by atoms with E-state index in [1.54, 1.807) is 104 Å². The number of carbonyl (C=O) groups excluding carboxylic acids is 18. The molecule has 3 fully saturated rings. The van der Waals surface area contributed by atoms with Crippen LogP contribution in [0.5, 0.6) is 0 Å². The minimum atomic E-state index is -2.23. The van der Waals surface area contributed by atoms with Gasteiger partial charge in [-0.15, -0.1) is 11.3 Å². The molecule has 3 spiro atoms. The van der Waals surface area contributed by atoms with E-state index in [1.165, 1.54) is 86.5 Å². The van der Waals surface area contributed by atoms with Gasteiger partial charge in [-0.1, -0.05) is 106 Å². The van der Waals surface area contributed by atoms with Gasteiger partial charge in [-0.05, 0) is 210 Å². The summed E-state index contributed by atoms with van der Waals surface area (Å²) in [6, 6.07) is 3.84. The molecule has 0 radical (unpaired) electrons. The third kappa shape index (κ3) is 32.7. The Hall–Kier alpha value is -14.5. The van der Waals surface area contributed by atoms with Crippen molar-refractivity contribution in [3.8, 4) is 0 Å². The molecule has 45 heteroatoms. The summed E-state index contributed by atoms with van der Waals surface area (Å²) >= 11 is 2.61. The molecule has 43 nitrogen and oxygen atoms in total. The van der Waals surface area contributed by atoms with Crippen LogP contribution in [0.3, 0.4) is 0 Å². The first kappa shape index (κ1) is 114. The van der Waals surface area contributed by atoms with Crippen molar-refractivity contribution >= 4 is 157 Å². The number of nitrogens with one attached hydrogen (secondary N) is 15. The number of nitrogens with two attached hydrogens (primary N) is 1. The molecule has 20 N–H and O–H groups in total. The summed E-state index contributed by atoms with van der Waals surface area (Å²) in [6.07, 6.45) is 0.811. The molecule has 147 heavy (non-hydrogen) atoms. The predicted octanol–water partition coefficient (Wildman–Crippen LogP) is 2.73. The Morgan fingerprint density at radius 3 is 1.75 bits per heavy atom. The van der Waals surface area contributed by atoms with Gasteiger partial charge in [0.25, 0.3) is 0 Å². The molecule has 14 atom stereocenters. The van der Waals surface area contributed by atoms with Crippen molar-refractivity contribution in [1.29, 1.82) is 0 Å². The van der Waals surface area contributed by atoms with E-state index in [2.05, 4.69) is 79.8 Å². The van der Waals surface area contributed by atoms with Crippen LogP contribution >= 0.6 is 22.7 Å². The van der Waals surface area contributed by atoms with E-state index in [0.29, 0.717) is 28.5 Å². The smallest absolute Gasteiger partial charge is 0.409 e. The van der Waals surface area contributed by atoms with Gasteiger partial charge in [0.2, 0.25) is 100 Å². The lowest BCUT2D eigenvalue weighted by Crippen LogP contribution is -2.66. The highest BCUT2D eigenvalue weighted by Gasteiger charge is 2.53. The first-order chi connectivity index (χ1) is 69.7. The van der Waals surface area contributed by atoms with Crippen LogP contribution in [-0.4, -0.2) is 271 Å². The summed E-state index contributed by atoms with van der Waals surface area (Å²) in [5.41, 5.74) is -2.12. The van der Waals surface area contributed by atoms with Gasteiger partial charge < -0.3 is 115 Å². The van der Waals surface area contributed by atoms with Crippen molar-refractivity contribution in [2.75, 3.05) is 32.8 Å². The van der Waals surface area contributed by atoms with Gasteiger partial charge in [-0.25, -0.2) is 9.59 Å². The van der Waals surface area contributed by atoms with Crippen LogP contribution in [-0.2, 0) is 122 Å². The van der Waals surface area contributed by atoms with Crippen molar-refractivity contribution in [3.05, 3.63) is 153 Å². The number of carbonyl (C=O) groups is 21. The Balaban J connectivity index is 1.05. The third-order valence-corrected chi connectivity index (χ3v) is 28.2. The van der Waals surface area contributed by atoms with Gasteiger partial charge in [0.15, 0.2) is 0 Å². The van der Waals surface area contributed by atoms with E-state index in [9.17, 15) is 72.9 Å². The van der Waals surface area contributed by atoms with Gasteiger partial charge in [-0.2, -0.15) is 11.3 Å². The number of thiophene rings is 2. The van der Waals surface area contributed by atoms with E-state index in [0.717, 1.165) is 9.60 Å². The number of amides is 18. The highest BCUT2D eigenvalue weighted by atomic mass is 32.1. The van der Waals surface area contributed by atoms with Crippen LogP contribution in [0.15, 0.2) is 125 Å². The van der Waals surface area contributed by atoms with Crippen molar-refractivity contribution in [2.24, 2.45) is 11.1 Å². The summed E-state index contributed by atoms with van der Waals surface area (Å²) in [5.74, 6) is -21.3. The fraction of sp³-hybridized carbons (Fsp3) is 0.520. The van der Waals surface area contributed by atoms with Gasteiger partial charge in [0.05, 0.1) is 31.6 Å². The number of carboxylic acid groups (broad SMARTS) is 3. The molecule has 0 aliphatic carbocycles. The highest BCUT2D eigenvalue weighted by molar-refractivity contribution is 7.17. The Kier molecular flexibility index (Phi) is 40.9. The van der Waals surface area contributed by atoms with Gasteiger partial charge in [0.1, 0.15) is 88.6 Å². The van der Waals surface area contributed by atoms with E-state index >= 15 is 43.2 Å². The second-order valence-corrected chi connectivity index (χ2v) is 41.4. The van der Waals surface area contributed by atoms with Crippen LogP contribution in [0, 0.1) is 5.41 Å². The van der Waals surface area contributed by atoms with Crippen LogP contribution < -0.4 is 85.5 Å². The molecule has 5 aliphatic heterocycles. The molecule has 14 unspecified atom stereocenters. The second kappa shape index (κ2) is 52.5. The number of primary amides is 1. The van der Waals surface area contributed by atoms with Crippen molar-refractivity contribution in [2.45, 2.75) is 298 Å². The second-order valence-electron chi connectivity index (χ2n) is 39.7. The van der Waals surface area contributed by atoms with Gasteiger partial charge in [-0.3, -0.25) is 91.1 Å². The fourth-order valence-corrected chi connectivity index (χ4v) is 20.0. The normalized spacial score (nSPS) is 26.6. The van der Waals surface area contributed by atoms with Crippen LogP contribution in [0.1, 0.15) is 216 Å². The quantitative estimate of drug-likeness (QED) is 0.0595. The average molecular weight is 2080 g/mol. The monoisotopic (exact) mass is 2070 g/mol. The number of ether oxygens (including phenoxy) is 1. The molecule has 7 heterocycles. The summed E-state index contributed by atoms with van der Waals surface area (Å²) in [7, 11) is 0. The van der Waals surface area contributed by atoms with Gasteiger partial charge in [0, 0.05) is 63.4 Å². The van der Waals surface area contributed by atoms with Crippen molar-refractivity contribution < 1.29 is 121 Å². The largest absolute Gasteiger partial charge is 0.481 e. The molecule has 0 saturated carbocycles. The third-order valence-electron chi connectivity index (χ3n) is 26.5. The molecular weight excluding hydrogens is 1940 g/mol. The van der Waals surface area contributed by atoms with Crippen molar-refractivity contribution in [1.82, 2.24) is 89.6 Å². The maximum Gasteiger partial charge on any atom is 0.409 e. The maximum atomic E-state index is 16.1. The lowest BCUT2D eigenvalue weighted by molar-refractivity contribution is -0.146. The zero-order valence-corrected chi connectivity index (χ0v) is 85.2. The van der Waals surface area contributed by atoms with Crippen LogP contribution in [0.2, 0.25) is 0 Å². The topological polar surface area (TPSA) is 641 Å². The standard InChI is InChI=1S/C102H134N18O25S2/c1-59(81(103)127)105-83(129)69-35-36-78(122)104-43-24-20-33-68-89(135)118-101(95(142)113-71(51-64-37-47-146-56-64)85(131)111-73(86(132)108-69)52-66-57-147-77-34-19-18-32-67(66)77)42-45-119(58-101)97(144)145-46-25-14-10-9-11-21-38-100(39-22-12-13-23-40-102(41-27-44-120(102)61(3)121)96(143)115-75(54-80(125)126)88(134)112-76(91(137)117-100)55-98(4,5)6)94(141)114-74(53-79(123)124)87(133)110-72(50-63-30-26-31-65(48-63)92(138)139)90(136)116-99(7,8)93(140)106-60(2)82(128)109-70(84(130)107-68)49-62-28-16-15-17-29-62/h9-10,13,15-19,23,26,28-32,34,37,47-48,56-57,59-60,68-76H,11-12,14,20-22,24-25,27,33,35-36,38-46,49-55,58H2,1-8H3,(H2,103,127)(H,104,122)(H,105,129)(H,106,140)(H,107,130)(H,108,132)(H,109,128)(H,110,133)(H,111,131)(H,112,134)(H,113,142)(H,114,141)(H,115,143)(H,116,136)(H,117,137)(H,118,135)(H,123,124)(H,125,126)(H,138,139)/b10-9-,23-13-. The number of nitrogens with zero attached hydrogens (tertiary/aromatic N) is 2. The molecular formula is C102H134N18O25S2. The average Bonchev–Trinajstić information content (AvgIpc) is 1.63. The number of benzene rings is 3. The van der Waals surface area contributed by atoms with E-state index in [4.69, 9.17) is 10.5 Å². The van der Waals surface area contributed by atoms with Crippen LogP contribution in [0.4, 0.5) is 4.79 Å². The molecule has 794 valence electrons. The number of likely N-dealkylation sites (tertiary alicyclic amines) is 1. The Bertz CT molecular complexity index is 5750. The summed E-state index contributed by atoms with van der Waals surface area (Å²) in [6.45, 7) is 10.2. The first-order valence-electron chi connectivity index (χ1n) is 49.3. The molecule has 2 aromatic heterocycles. The van der Waals surface area contributed by atoms with Gasteiger partial charge >= 0.3 is 24.0 Å².